The molecule has 5 nitrogen and oxygen atoms in total. The van der Waals surface area contributed by atoms with Gasteiger partial charge in [0.15, 0.2) is 4.80 Å². The number of nitrogens with two attached hydrogens (primary N) is 1. The standard InChI is InChI=1S/C7H9N5S/c1-5-3-13-7(12(5)2)11-6(9)10-4-8/h3H,1-2H3,(H2,9,10)/b11-7-. The average Bonchev–Trinajstić information content (AvgIpc) is 2.37. The van der Waals surface area contributed by atoms with Crippen LogP contribution in [0.1, 0.15) is 5.69 Å². The molecule has 1 heterocycles. The topological polar surface area (TPSA) is 79.5 Å². The van der Waals surface area contributed by atoms with Gasteiger partial charge >= 0.3 is 0 Å². The number of hydrogen-bond acceptors (Lipinski definition) is 3. The SMILES string of the molecule is Cc1cs/c(=N\C(N)=NC#N)n1C. The molecule has 0 spiro atoms. The van der Waals surface area contributed by atoms with Crippen LogP contribution < -0.4 is 10.5 Å². The molecule has 1 rings (SSSR count). The van der Waals surface area contributed by atoms with Crippen LogP contribution in [0.2, 0.25) is 0 Å². The van der Waals surface area contributed by atoms with Gasteiger partial charge in [0.1, 0.15) is 0 Å². The molecule has 0 bridgehead atoms. The molecule has 6 heteroatoms. The van der Waals surface area contributed by atoms with Crippen molar-refractivity contribution in [2.45, 2.75) is 6.92 Å². The summed E-state index contributed by atoms with van der Waals surface area (Å²) in [5.41, 5.74) is 6.44. The summed E-state index contributed by atoms with van der Waals surface area (Å²) in [6, 6.07) is 0. The van der Waals surface area contributed by atoms with Gasteiger partial charge in [0.2, 0.25) is 12.2 Å². The monoisotopic (exact) mass is 195 g/mol. The Morgan fingerprint density at radius 3 is 2.92 bits per heavy atom. The predicted octanol–water partition coefficient (Wildman–Crippen LogP) is 0.0915. The maximum Gasteiger partial charge on any atom is 0.233 e. The third-order valence-corrected chi connectivity index (χ3v) is 2.56. The van der Waals surface area contributed by atoms with Crippen molar-refractivity contribution in [3.05, 3.63) is 15.9 Å². The maximum atomic E-state index is 8.21. The molecule has 68 valence electrons. The molecule has 0 unspecified atom stereocenters. The Morgan fingerprint density at radius 1 is 1.77 bits per heavy atom. The van der Waals surface area contributed by atoms with Crippen LogP contribution in [0.25, 0.3) is 0 Å². The molecule has 0 aromatic carbocycles. The molecule has 2 N–H and O–H groups in total. The first-order valence-electron chi connectivity index (χ1n) is 3.53. The van der Waals surface area contributed by atoms with Crippen LogP contribution in [-0.2, 0) is 7.05 Å². The van der Waals surface area contributed by atoms with Gasteiger partial charge in [-0.2, -0.15) is 10.3 Å². The third-order valence-electron chi connectivity index (χ3n) is 1.53. The number of aryl methyl sites for hydroxylation is 1. The van der Waals surface area contributed by atoms with Crippen LogP contribution in [-0.4, -0.2) is 10.5 Å². The second kappa shape index (κ2) is 3.87. The van der Waals surface area contributed by atoms with Gasteiger partial charge in [-0.15, -0.1) is 16.3 Å². The number of hydrogen-bond donors (Lipinski definition) is 1. The molecule has 0 aliphatic rings. The molecule has 0 fully saturated rings. The molecule has 0 radical (unpaired) electrons. The lowest BCUT2D eigenvalue weighted by atomic mass is 10.6. The third kappa shape index (κ3) is 2.16. The Bertz CT molecular complexity index is 430. The van der Waals surface area contributed by atoms with Gasteiger partial charge in [0.05, 0.1) is 0 Å². The van der Waals surface area contributed by atoms with Gasteiger partial charge in [-0.05, 0) is 6.92 Å². The number of aromatic nitrogens is 1. The summed E-state index contributed by atoms with van der Waals surface area (Å²) in [6.07, 6.45) is 1.58. The Hall–Kier alpha value is -1.61. The fraction of sp³-hybridized carbons (Fsp3) is 0.286. The first-order valence-corrected chi connectivity index (χ1v) is 4.41. The van der Waals surface area contributed by atoms with Gasteiger partial charge in [0.25, 0.3) is 0 Å². The number of thiazole rings is 1. The number of nitriles is 1. The Morgan fingerprint density at radius 2 is 2.46 bits per heavy atom. The summed E-state index contributed by atoms with van der Waals surface area (Å²) in [4.78, 5) is 7.98. The zero-order chi connectivity index (χ0) is 9.84. The van der Waals surface area contributed by atoms with Crippen molar-refractivity contribution >= 4 is 17.3 Å². The first kappa shape index (κ1) is 9.48. The van der Waals surface area contributed by atoms with E-state index >= 15 is 0 Å². The van der Waals surface area contributed by atoms with Crippen LogP contribution in [0.15, 0.2) is 15.4 Å². The fourth-order valence-corrected chi connectivity index (χ4v) is 1.60. The summed E-state index contributed by atoms with van der Waals surface area (Å²) in [7, 11) is 1.88. The lowest BCUT2D eigenvalue weighted by Crippen LogP contribution is -2.18. The summed E-state index contributed by atoms with van der Waals surface area (Å²) >= 11 is 1.46. The van der Waals surface area contributed by atoms with Crippen molar-refractivity contribution in [1.82, 2.24) is 4.57 Å². The molecule has 0 atom stereocenters. The van der Waals surface area contributed by atoms with E-state index in [9.17, 15) is 0 Å². The minimum absolute atomic E-state index is 0.0139. The van der Waals surface area contributed by atoms with E-state index < -0.39 is 0 Å². The summed E-state index contributed by atoms with van der Waals surface area (Å²) in [5.74, 6) is -0.0139. The van der Waals surface area contributed by atoms with E-state index in [-0.39, 0.29) is 5.96 Å². The second-order valence-corrected chi connectivity index (χ2v) is 3.24. The van der Waals surface area contributed by atoms with Crippen molar-refractivity contribution in [2.24, 2.45) is 22.8 Å². The Kier molecular flexibility index (Phi) is 2.82. The van der Waals surface area contributed by atoms with E-state index in [1.807, 2.05) is 23.9 Å². The van der Waals surface area contributed by atoms with Crippen molar-refractivity contribution in [2.75, 3.05) is 0 Å². The summed E-state index contributed by atoms with van der Waals surface area (Å²) < 4.78 is 1.88. The highest BCUT2D eigenvalue weighted by atomic mass is 32.1. The molecule has 0 amide bonds. The predicted molar refractivity (Wildman–Crippen MR) is 50.8 cm³/mol. The molecule has 0 aliphatic heterocycles. The summed E-state index contributed by atoms with van der Waals surface area (Å²) in [5, 5.41) is 10.2. The first-order chi connectivity index (χ1) is 6.15. The molecular weight excluding hydrogens is 186 g/mol. The quantitative estimate of drug-likeness (QED) is 0.362. The van der Waals surface area contributed by atoms with Gasteiger partial charge in [-0.3, -0.25) is 0 Å². The van der Waals surface area contributed by atoms with E-state index in [0.717, 1.165) is 10.5 Å². The normalized spacial score (nSPS) is 13.0. The van der Waals surface area contributed by atoms with Crippen molar-refractivity contribution in [3.63, 3.8) is 0 Å². The number of rotatable bonds is 0. The van der Waals surface area contributed by atoms with Gasteiger partial charge in [-0.1, -0.05) is 0 Å². The van der Waals surface area contributed by atoms with E-state index in [0.29, 0.717) is 0 Å². The van der Waals surface area contributed by atoms with E-state index in [1.165, 1.54) is 11.3 Å². The minimum atomic E-state index is -0.0139. The molecule has 1 aromatic rings. The highest BCUT2D eigenvalue weighted by Crippen LogP contribution is 1.95. The van der Waals surface area contributed by atoms with E-state index in [4.69, 9.17) is 11.0 Å². The summed E-state index contributed by atoms with van der Waals surface area (Å²) in [6.45, 7) is 1.97. The maximum absolute atomic E-state index is 8.21. The lowest BCUT2D eigenvalue weighted by molar-refractivity contribution is 0.837. The van der Waals surface area contributed by atoms with Gasteiger partial charge < -0.3 is 10.3 Å². The van der Waals surface area contributed by atoms with Crippen LogP contribution in [0, 0.1) is 18.4 Å². The Labute approximate surface area is 79.5 Å². The second-order valence-electron chi connectivity index (χ2n) is 2.40. The molecule has 0 saturated heterocycles. The van der Waals surface area contributed by atoms with E-state index in [2.05, 4.69) is 9.98 Å². The Balaban J connectivity index is 3.17. The lowest BCUT2D eigenvalue weighted by Gasteiger charge is -1.92. The van der Waals surface area contributed by atoms with Crippen molar-refractivity contribution < 1.29 is 0 Å². The van der Waals surface area contributed by atoms with Crippen molar-refractivity contribution in [1.29, 1.82) is 5.26 Å². The molecule has 0 aliphatic carbocycles. The van der Waals surface area contributed by atoms with Crippen LogP contribution in [0.3, 0.4) is 0 Å². The number of nitrogens with zero attached hydrogens (tertiary/aromatic N) is 4. The van der Waals surface area contributed by atoms with Gasteiger partial charge in [-0.25, -0.2) is 0 Å². The zero-order valence-corrected chi connectivity index (χ0v) is 8.17. The molecule has 13 heavy (non-hydrogen) atoms. The smallest absolute Gasteiger partial charge is 0.233 e. The molecule has 0 saturated carbocycles. The van der Waals surface area contributed by atoms with Crippen LogP contribution in [0.5, 0.6) is 0 Å². The van der Waals surface area contributed by atoms with Crippen LogP contribution in [0.4, 0.5) is 0 Å². The number of guanidine groups is 1. The molecular formula is C7H9N5S. The highest BCUT2D eigenvalue weighted by molar-refractivity contribution is 7.07. The zero-order valence-electron chi connectivity index (χ0n) is 7.35. The van der Waals surface area contributed by atoms with Crippen molar-refractivity contribution in [3.8, 4) is 6.19 Å². The fourth-order valence-electron chi connectivity index (χ4n) is 0.723. The van der Waals surface area contributed by atoms with Gasteiger partial charge in [0, 0.05) is 18.1 Å². The largest absolute Gasteiger partial charge is 0.367 e. The minimum Gasteiger partial charge on any atom is -0.367 e. The average molecular weight is 195 g/mol. The molecule has 1 aromatic heterocycles. The van der Waals surface area contributed by atoms with Crippen LogP contribution >= 0.6 is 11.3 Å². The number of aliphatic imine (C=N–C) groups is 1. The van der Waals surface area contributed by atoms with E-state index in [1.54, 1.807) is 6.19 Å². The highest BCUT2D eigenvalue weighted by Gasteiger charge is 1.95.